The number of carbonyl (C=O) groups is 2. The van der Waals surface area contributed by atoms with Crippen molar-refractivity contribution in [3.8, 4) is 0 Å². The van der Waals surface area contributed by atoms with Crippen LogP contribution in [0.4, 0.5) is 0 Å². The average Bonchev–Trinajstić information content (AvgIpc) is 2.81. The number of Topliss-reactive ketones (excluding diaryl/α,β-unsaturated/α-hetero) is 2. The maximum atomic E-state index is 12.1. The monoisotopic (exact) mass is 257 g/mol. The number of hydrogen-bond donors (Lipinski definition) is 0. The highest BCUT2D eigenvalue weighted by Gasteiger charge is 2.18. The molecule has 98 valence electrons. The van der Waals surface area contributed by atoms with Crippen LogP contribution < -0.4 is 0 Å². The van der Waals surface area contributed by atoms with Gasteiger partial charge in [-0.25, -0.2) is 0 Å². The van der Waals surface area contributed by atoms with Crippen molar-refractivity contribution in [2.24, 2.45) is 7.05 Å². The molecule has 2 aromatic heterocycles. The lowest BCUT2D eigenvalue weighted by Crippen LogP contribution is -2.09. The molecule has 2 heterocycles. The molecule has 0 aliphatic carbocycles. The summed E-state index contributed by atoms with van der Waals surface area (Å²) in [6, 6.07) is 3.22. The Morgan fingerprint density at radius 2 is 1.89 bits per heavy atom. The van der Waals surface area contributed by atoms with Crippen LogP contribution in [0.5, 0.6) is 0 Å². The lowest BCUT2D eigenvalue weighted by Gasteiger charge is -2.00. The summed E-state index contributed by atoms with van der Waals surface area (Å²) in [4.78, 5) is 27.9. The number of ketones is 2. The van der Waals surface area contributed by atoms with Gasteiger partial charge in [0.15, 0.2) is 11.6 Å². The number of aryl methyl sites for hydroxylation is 2. The summed E-state index contributed by atoms with van der Waals surface area (Å²) in [5.74, 6) is -0.384. The molecule has 5 heteroatoms. The first kappa shape index (κ1) is 13.1. The largest absolute Gasteiger partial charge is 0.294 e. The van der Waals surface area contributed by atoms with Crippen molar-refractivity contribution >= 4 is 11.6 Å². The first-order chi connectivity index (χ1) is 9.11. The van der Waals surface area contributed by atoms with Crippen molar-refractivity contribution in [3.63, 3.8) is 0 Å². The Hall–Kier alpha value is -2.30. The van der Waals surface area contributed by atoms with E-state index in [1.165, 1.54) is 0 Å². The quantitative estimate of drug-likeness (QED) is 0.605. The number of hydrogen-bond acceptors (Lipinski definition) is 4. The molecular weight excluding hydrogens is 242 g/mol. The molecule has 0 fully saturated rings. The van der Waals surface area contributed by atoms with E-state index in [2.05, 4.69) is 10.1 Å². The van der Waals surface area contributed by atoms with E-state index < -0.39 is 0 Å². The molecule has 0 amide bonds. The highest BCUT2D eigenvalue weighted by molar-refractivity contribution is 6.13. The molecule has 0 bridgehead atoms. The predicted octanol–water partition coefficient (Wildman–Crippen LogP) is 1.83. The third-order valence-corrected chi connectivity index (χ3v) is 2.86. The lowest BCUT2D eigenvalue weighted by molar-refractivity contribution is 0.0893. The summed E-state index contributed by atoms with van der Waals surface area (Å²) in [7, 11) is 1.76. The highest BCUT2D eigenvalue weighted by atomic mass is 16.1. The first-order valence-corrected chi connectivity index (χ1v) is 6.10. The summed E-state index contributed by atoms with van der Waals surface area (Å²) >= 11 is 0. The molecule has 0 saturated carbocycles. The van der Waals surface area contributed by atoms with Crippen LogP contribution in [0.1, 0.15) is 39.8 Å². The van der Waals surface area contributed by atoms with Crippen molar-refractivity contribution in [1.29, 1.82) is 0 Å². The second-order valence-corrected chi connectivity index (χ2v) is 4.28. The number of pyridine rings is 1. The van der Waals surface area contributed by atoms with Gasteiger partial charge in [-0.2, -0.15) is 5.10 Å². The molecule has 0 atom stereocenters. The van der Waals surface area contributed by atoms with Crippen LogP contribution in [-0.4, -0.2) is 26.3 Å². The molecule has 0 radical (unpaired) electrons. The SMILES string of the molecule is CCc1nn(C)cc1C(=O)CC(=O)c1ccncc1. The van der Waals surface area contributed by atoms with E-state index in [-0.39, 0.29) is 18.0 Å². The molecule has 0 unspecified atom stereocenters. The second-order valence-electron chi connectivity index (χ2n) is 4.28. The molecule has 0 aliphatic rings. The average molecular weight is 257 g/mol. The molecule has 0 saturated heterocycles. The van der Waals surface area contributed by atoms with Crippen molar-refractivity contribution < 1.29 is 9.59 Å². The third kappa shape index (κ3) is 2.93. The van der Waals surface area contributed by atoms with Crippen LogP contribution in [0.15, 0.2) is 30.7 Å². The maximum Gasteiger partial charge on any atom is 0.174 e. The molecule has 19 heavy (non-hydrogen) atoms. The topological polar surface area (TPSA) is 64.8 Å². The summed E-state index contributed by atoms with van der Waals surface area (Å²) in [6.45, 7) is 1.93. The minimum Gasteiger partial charge on any atom is -0.294 e. The number of rotatable bonds is 5. The Kier molecular flexibility index (Phi) is 3.85. The van der Waals surface area contributed by atoms with E-state index >= 15 is 0 Å². The minimum absolute atomic E-state index is 0.136. The molecule has 0 spiro atoms. The van der Waals surface area contributed by atoms with Gasteiger partial charge in [-0.1, -0.05) is 6.92 Å². The molecule has 2 aromatic rings. The summed E-state index contributed by atoms with van der Waals surface area (Å²) < 4.78 is 1.60. The predicted molar refractivity (Wildman–Crippen MR) is 70.1 cm³/mol. The zero-order chi connectivity index (χ0) is 13.8. The van der Waals surface area contributed by atoms with Crippen molar-refractivity contribution in [1.82, 2.24) is 14.8 Å². The van der Waals surface area contributed by atoms with Crippen LogP contribution >= 0.6 is 0 Å². The van der Waals surface area contributed by atoms with Gasteiger partial charge in [0, 0.05) is 31.2 Å². The van der Waals surface area contributed by atoms with Crippen LogP contribution in [0.2, 0.25) is 0 Å². The highest BCUT2D eigenvalue weighted by Crippen LogP contribution is 2.12. The van der Waals surface area contributed by atoms with Gasteiger partial charge in [0.2, 0.25) is 0 Å². The van der Waals surface area contributed by atoms with Gasteiger partial charge >= 0.3 is 0 Å². The fourth-order valence-corrected chi connectivity index (χ4v) is 1.91. The zero-order valence-corrected chi connectivity index (χ0v) is 11.0. The summed E-state index contributed by atoms with van der Waals surface area (Å²) in [5, 5.41) is 4.20. The molecule has 0 N–H and O–H groups in total. The van der Waals surface area contributed by atoms with Crippen LogP contribution in [0.25, 0.3) is 0 Å². The van der Waals surface area contributed by atoms with Crippen molar-refractivity contribution in [2.75, 3.05) is 0 Å². The number of aromatic nitrogens is 3. The van der Waals surface area contributed by atoms with Crippen LogP contribution in [0, 0.1) is 0 Å². The number of carbonyl (C=O) groups excluding carboxylic acids is 2. The Balaban J connectivity index is 2.15. The van der Waals surface area contributed by atoms with Crippen LogP contribution in [-0.2, 0) is 13.5 Å². The minimum atomic E-state index is -0.196. The summed E-state index contributed by atoms with van der Waals surface area (Å²) in [5.41, 5.74) is 1.77. The Morgan fingerprint density at radius 1 is 1.21 bits per heavy atom. The van der Waals surface area contributed by atoms with E-state index in [9.17, 15) is 9.59 Å². The Morgan fingerprint density at radius 3 is 2.53 bits per heavy atom. The van der Waals surface area contributed by atoms with E-state index in [4.69, 9.17) is 0 Å². The fraction of sp³-hybridized carbons (Fsp3) is 0.286. The smallest absolute Gasteiger partial charge is 0.174 e. The first-order valence-electron chi connectivity index (χ1n) is 6.10. The van der Waals surface area contributed by atoms with Gasteiger partial charge in [-0.05, 0) is 18.6 Å². The lowest BCUT2D eigenvalue weighted by atomic mass is 10.0. The van der Waals surface area contributed by atoms with Gasteiger partial charge in [0.05, 0.1) is 17.7 Å². The van der Waals surface area contributed by atoms with Gasteiger partial charge in [-0.15, -0.1) is 0 Å². The Labute approximate surface area is 111 Å². The van der Waals surface area contributed by atoms with E-state index in [0.29, 0.717) is 17.5 Å². The molecule has 2 rings (SSSR count). The normalized spacial score (nSPS) is 10.4. The van der Waals surface area contributed by atoms with E-state index in [1.54, 1.807) is 42.5 Å². The molecule has 0 aliphatic heterocycles. The van der Waals surface area contributed by atoms with Gasteiger partial charge in [0.25, 0.3) is 0 Å². The van der Waals surface area contributed by atoms with Crippen molar-refractivity contribution in [2.45, 2.75) is 19.8 Å². The van der Waals surface area contributed by atoms with Gasteiger partial charge in [-0.3, -0.25) is 19.3 Å². The second kappa shape index (κ2) is 5.56. The third-order valence-electron chi connectivity index (χ3n) is 2.86. The Bertz CT molecular complexity index is 602. The number of nitrogens with zero attached hydrogens (tertiary/aromatic N) is 3. The molecule has 0 aromatic carbocycles. The van der Waals surface area contributed by atoms with Crippen LogP contribution in [0.3, 0.4) is 0 Å². The molecular formula is C14H15N3O2. The van der Waals surface area contributed by atoms with Gasteiger partial charge in [0.1, 0.15) is 0 Å². The van der Waals surface area contributed by atoms with Crippen molar-refractivity contribution in [3.05, 3.63) is 47.5 Å². The molecule has 5 nitrogen and oxygen atoms in total. The van der Waals surface area contributed by atoms with Gasteiger partial charge < -0.3 is 0 Å². The fourth-order valence-electron chi connectivity index (χ4n) is 1.91. The maximum absolute atomic E-state index is 12.1. The summed E-state index contributed by atoms with van der Waals surface area (Å²) in [6.07, 6.45) is 5.29. The van der Waals surface area contributed by atoms with E-state index in [1.807, 2.05) is 6.92 Å². The zero-order valence-electron chi connectivity index (χ0n) is 11.0. The standard InChI is InChI=1S/C14H15N3O2/c1-3-12-11(9-17(2)16-12)14(19)8-13(18)10-4-6-15-7-5-10/h4-7,9H,3,8H2,1-2H3. The van der Waals surface area contributed by atoms with E-state index in [0.717, 1.165) is 5.69 Å².